The first-order valence-corrected chi connectivity index (χ1v) is 7.35. The smallest absolute Gasteiger partial charge is 0.0774 e. The number of nitrogens with zero attached hydrogens (tertiary/aromatic N) is 1. The molecule has 17 heavy (non-hydrogen) atoms. The summed E-state index contributed by atoms with van der Waals surface area (Å²) in [5.74, 6) is 0. The van der Waals surface area contributed by atoms with Crippen LogP contribution in [-0.4, -0.2) is 47.4 Å². The second-order valence-corrected chi connectivity index (χ2v) is 6.16. The number of aliphatic hydroxyl groups is 1. The van der Waals surface area contributed by atoms with Crippen LogP contribution in [0, 0.1) is 0 Å². The van der Waals surface area contributed by atoms with Gasteiger partial charge < -0.3 is 9.84 Å². The summed E-state index contributed by atoms with van der Waals surface area (Å²) in [5, 5.41) is 10.6. The molecule has 1 saturated heterocycles. The van der Waals surface area contributed by atoms with Gasteiger partial charge in [0.1, 0.15) is 0 Å². The molecular weight excluding hydrogens is 214 g/mol. The molecule has 1 heterocycles. The molecule has 3 rings (SSSR count). The Kier molecular flexibility index (Phi) is 3.42. The fourth-order valence-corrected chi connectivity index (χ4v) is 3.94. The summed E-state index contributed by atoms with van der Waals surface area (Å²) >= 11 is 0. The van der Waals surface area contributed by atoms with Crippen LogP contribution < -0.4 is 0 Å². The van der Waals surface area contributed by atoms with E-state index in [1.807, 2.05) is 0 Å². The molecule has 0 amide bonds. The van der Waals surface area contributed by atoms with Gasteiger partial charge in [-0.25, -0.2) is 0 Å². The third-order valence-electron chi connectivity index (χ3n) is 4.88. The first-order chi connectivity index (χ1) is 8.27. The van der Waals surface area contributed by atoms with E-state index in [9.17, 15) is 5.11 Å². The molecule has 1 aliphatic heterocycles. The molecule has 0 aromatic heterocycles. The van der Waals surface area contributed by atoms with Crippen molar-refractivity contribution in [3.05, 3.63) is 0 Å². The largest absolute Gasteiger partial charge is 0.389 e. The molecule has 2 unspecified atom stereocenters. The number of morpholine rings is 1. The number of hydrogen-bond acceptors (Lipinski definition) is 3. The molecule has 0 radical (unpaired) electrons. The zero-order valence-corrected chi connectivity index (χ0v) is 10.7. The van der Waals surface area contributed by atoms with Gasteiger partial charge in [0.05, 0.1) is 18.3 Å². The summed E-state index contributed by atoms with van der Waals surface area (Å²) in [6.07, 6.45) is 9.99. The van der Waals surface area contributed by atoms with E-state index in [1.165, 1.54) is 38.5 Å². The third kappa shape index (κ3) is 2.51. The average molecular weight is 239 g/mol. The van der Waals surface area contributed by atoms with Crippen molar-refractivity contribution in [2.24, 2.45) is 0 Å². The standard InChI is InChI=1S/C14H25NO2/c16-14(7-3-4-8-14)11-15-9-10-17-13-6-2-1-5-12(13)15/h12-13,16H,1-11H2. The van der Waals surface area contributed by atoms with Crippen LogP contribution in [0.3, 0.4) is 0 Å². The second kappa shape index (κ2) is 4.87. The SMILES string of the molecule is OC1(CN2CCOC3CCCCC32)CCCC1. The quantitative estimate of drug-likeness (QED) is 0.799. The molecule has 0 bridgehead atoms. The highest BCUT2D eigenvalue weighted by Gasteiger charge is 2.39. The maximum atomic E-state index is 10.6. The maximum absolute atomic E-state index is 10.6. The van der Waals surface area contributed by atoms with E-state index in [0.717, 1.165) is 32.5 Å². The van der Waals surface area contributed by atoms with Gasteiger partial charge in [-0.2, -0.15) is 0 Å². The molecule has 98 valence electrons. The Balaban J connectivity index is 1.64. The van der Waals surface area contributed by atoms with Gasteiger partial charge in [-0.1, -0.05) is 25.7 Å². The summed E-state index contributed by atoms with van der Waals surface area (Å²) in [7, 11) is 0. The van der Waals surface area contributed by atoms with Gasteiger partial charge >= 0.3 is 0 Å². The van der Waals surface area contributed by atoms with Crippen molar-refractivity contribution < 1.29 is 9.84 Å². The Hall–Kier alpha value is -0.120. The zero-order valence-electron chi connectivity index (χ0n) is 10.7. The topological polar surface area (TPSA) is 32.7 Å². The van der Waals surface area contributed by atoms with Crippen LogP contribution in [0.25, 0.3) is 0 Å². The van der Waals surface area contributed by atoms with Crippen molar-refractivity contribution in [3.8, 4) is 0 Å². The molecule has 3 aliphatic rings. The number of rotatable bonds is 2. The van der Waals surface area contributed by atoms with Gasteiger partial charge in [-0.3, -0.25) is 4.90 Å². The summed E-state index contributed by atoms with van der Waals surface area (Å²) in [4.78, 5) is 2.53. The molecule has 2 saturated carbocycles. The molecule has 0 aromatic carbocycles. The Labute approximate surface area is 104 Å². The van der Waals surface area contributed by atoms with Crippen molar-refractivity contribution in [2.45, 2.75) is 69.1 Å². The van der Waals surface area contributed by atoms with Crippen molar-refractivity contribution in [1.82, 2.24) is 4.90 Å². The summed E-state index contributed by atoms with van der Waals surface area (Å²) < 4.78 is 5.89. The lowest BCUT2D eigenvalue weighted by atomic mass is 9.89. The zero-order chi connectivity index (χ0) is 11.7. The normalized spacial score (nSPS) is 37.9. The van der Waals surface area contributed by atoms with Gasteiger partial charge in [-0.15, -0.1) is 0 Å². The van der Waals surface area contributed by atoms with E-state index in [2.05, 4.69) is 4.90 Å². The lowest BCUT2D eigenvalue weighted by molar-refractivity contribution is -0.111. The Morgan fingerprint density at radius 2 is 1.88 bits per heavy atom. The fraction of sp³-hybridized carbons (Fsp3) is 1.00. The van der Waals surface area contributed by atoms with Crippen LogP contribution in [0.5, 0.6) is 0 Å². The van der Waals surface area contributed by atoms with E-state index in [4.69, 9.17) is 4.74 Å². The summed E-state index contributed by atoms with van der Waals surface area (Å²) in [6.45, 7) is 2.76. The number of fused-ring (bicyclic) bond motifs is 1. The van der Waals surface area contributed by atoms with Crippen molar-refractivity contribution in [3.63, 3.8) is 0 Å². The average Bonchev–Trinajstić information content (AvgIpc) is 2.76. The Morgan fingerprint density at radius 3 is 2.71 bits per heavy atom. The highest BCUT2D eigenvalue weighted by Crippen LogP contribution is 2.34. The first-order valence-electron chi connectivity index (χ1n) is 7.35. The van der Waals surface area contributed by atoms with Gasteiger partial charge in [0.25, 0.3) is 0 Å². The van der Waals surface area contributed by atoms with Crippen LogP contribution >= 0.6 is 0 Å². The molecule has 1 N–H and O–H groups in total. The van der Waals surface area contributed by atoms with Crippen LogP contribution in [0.1, 0.15) is 51.4 Å². The van der Waals surface area contributed by atoms with Crippen molar-refractivity contribution in [2.75, 3.05) is 19.7 Å². The van der Waals surface area contributed by atoms with E-state index in [0.29, 0.717) is 12.1 Å². The maximum Gasteiger partial charge on any atom is 0.0774 e. The van der Waals surface area contributed by atoms with E-state index >= 15 is 0 Å². The molecule has 3 nitrogen and oxygen atoms in total. The lowest BCUT2D eigenvalue weighted by Gasteiger charge is -2.46. The molecule has 3 fully saturated rings. The third-order valence-corrected chi connectivity index (χ3v) is 4.88. The molecule has 3 heteroatoms. The molecule has 0 spiro atoms. The van der Waals surface area contributed by atoms with Crippen LogP contribution in [0.4, 0.5) is 0 Å². The highest BCUT2D eigenvalue weighted by molar-refractivity contribution is 4.93. The van der Waals surface area contributed by atoms with Gasteiger partial charge in [0.15, 0.2) is 0 Å². The molecular formula is C14H25NO2. The fourth-order valence-electron chi connectivity index (χ4n) is 3.94. The minimum absolute atomic E-state index is 0.390. The van der Waals surface area contributed by atoms with Gasteiger partial charge in [-0.05, 0) is 25.7 Å². The van der Waals surface area contributed by atoms with Crippen LogP contribution in [0.15, 0.2) is 0 Å². The molecule has 2 aliphatic carbocycles. The van der Waals surface area contributed by atoms with Crippen molar-refractivity contribution in [1.29, 1.82) is 0 Å². The number of β-amino-alcohol motifs (C(OH)–C–C–N with tert-alkyl or cyclic N) is 1. The van der Waals surface area contributed by atoms with Gasteiger partial charge in [0.2, 0.25) is 0 Å². The minimum Gasteiger partial charge on any atom is -0.389 e. The molecule has 2 atom stereocenters. The van der Waals surface area contributed by atoms with E-state index < -0.39 is 0 Å². The van der Waals surface area contributed by atoms with Crippen LogP contribution in [0.2, 0.25) is 0 Å². The monoisotopic (exact) mass is 239 g/mol. The second-order valence-electron chi connectivity index (χ2n) is 6.16. The molecule has 0 aromatic rings. The Bertz CT molecular complexity index is 261. The lowest BCUT2D eigenvalue weighted by Crippen LogP contribution is -2.56. The Morgan fingerprint density at radius 1 is 1.12 bits per heavy atom. The summed E-state index contributed by atoms with van der Waals surface area (Å²) in [5.41, 5.74) is -0.390. The summed E-state index contributed by atoms with van der Waals surface area (Å²) in [6, 6.07) is 0.585. The van der Waals surface area contributed by atoms with E-state index in [-0.39, 0.29) is 5.60 Å². The van der Waals surface area contributed by atoms with E-state index in [1.54, 1.807) is 0 Å². The van der Waals surface area contributed by atoms with Crippen molar-refractivity contribution >= 4 is 0 Å². The predicted octanol–water partition coefficient (Wildman–Crippen LogP) is 1.93. The predicted molar refractivity (Wildman–Crippen MR) is 67.0 cm³/mol. The first kappa shape index (κ1) is 11.9. The number of hydrogen-bond donors (Lipinski definition) is 1. The van der Waals surface area contributed by atoms with Crippen LogP contribution in [-0.2, 0) is 4.74 Å². The van der Waals surface area contributed by atoms with Gasteiger partial charge in [0, 0.05) is 19.1 Å². The highest BCUT2D eigenvalue weighted by atomic mass is 16.5. The minimum atomic E-state index is -0.390. The number of ether oxygens (including phenoxy) is 1.